The van der Waals surface area contributed by atoms with Gasteiger partial charge in [-0.1, -0.05) is 27.7 Å². The van der Waals surface area contributed by atoms with Crippen molar-refractivity contribution in [2.24, 2.45) is 5.18 Å². The van der Waals surface area contributed by atoms with Crippen molar-refractivity contribution in [1.82, 2.24) is 0 Å². The maximum Gasteiger partial charge on any atom is 0.333 e. The number of nitrogens with zero attached hydrogens (tertiary/aromatic N) is 1. The van der Waals surface area contributed by atoms with Crippen LogP contribution in [0.4, 0.5) is 0 Å². The Labute approximate surface area is 119 Å². The molecule has 1 atom stereocenters. The van der Waals surface area contributed by atoms with Gasteiger partial charge in [-0.05, 0) is 31.2 Å². The largest absolute Gasteiger partial charge is 0.490 e. The first kappa shape index (κ1) is 15.4. The van der Waals surface area contributed by atoms with Crippen LogP contribution >= 0.6 is 15.9 Å². The summed E-state index contributed by atoms with van der Waals surface area (Å²) in [6.45, 7) is 4.90. The lowest BCUT2D eigenvalue weighted by molar-refractivity contribution is -0.145. The van der Waals surface area contributed by atoms with Gasteiger partial charge in [0.2, 0.25) is 0 Å². The number of hydrogen-bond acceptors (Lipinski definition) is 5. The number of halogens is 1. The van der Waals surface area contributed by atoms with Gasteiger partial charge in [0.1, 0.15) is 18.9 Å². The zero-order valence-corrected chi connectivity index (χ0v) is 12.1. The van der Waals surface area contributed by atoms with Crippen LogP contribution in [0.1, 0.15) is 6.92 Å². The highest BCUT2D eigenvalue weighted by Gasteiger charge is 2.16. The van der Waals surface area contributed by atoms with Crippen molar-refractivity contribution >= 4 is 21.9 Å². The van der Waals surface area contributed by atoms with Gasteiger partial charge in [0.25, 0.3) is 0 Å². The SMILES string of the molecule is C=C(C)C(=O)OC(CN=O)COc1ccc(Br)cc1. The fourth-order valence-corrected chi connectivity index (χ4v) is 1.44. The molecular formula is C13H14BrNO4. The van der Waals surface area contributed by atoms with Crippen molar-refractivity contribution < 1.29 is 14.3 Å². The summed E-state index contributed by atoms with van der Waals surface area (Å²) in [6, 6.07) is 7.16. The van der Waals surface area contributed by atoms with Crippen LogP contribution in [0.5, 0.6) is 5.75 Å². The number of ether oxygens (including phenoxy) is 2. The number of hydrogen-bond donors (Lipinski definition) is 0. The molecule has 0 bridgehead atoms. The molecule has 0 heterocycles. The summed E-state index contributed by atoms with van der Waals surface area (Å²) in [6.07, 6.45) is -0.717. The van der Waals surface area contributed by atoms with Gasteiger partial charge in [-0.15, -0.1) is 0 Å². The van der Waals surface area contributed by atoms with E-state index in [-0.39, 0.29) is 18.7 Å². The predicted molar refractivity (Wildman–Crippen MR) is 75.0 cm³/mol. The Bertz CT molecular complexity index is 458. The molecule has 1 rings (SSSR count). The van der Waals surface area contributed by atoms with Crippen molar-refractivity contribution in [3.05, 3.63) is 45.8 Å². The Balaban J connectivity index is 2.53. The second kappa shape index (κ2) is 7.68. The third-order valence-corrected chi connectivity index (χ3v) is 2.68. The van der Waals surface area contributed by atoms with Crippen molar-refractivity contribution in [2.75, 3.05) is 13.2 Å². The van der Waals surface area contributed by atoms with Gasteiger partial charge in [-0.3, -0.25) is 0 Å². The van der Waals surface area contributed by atoms with E-state index < -0.39 is 12.1 Å². The Morgan fingerprint density at radius 1 is 1.42 bits per heavy atom. The van der Waals surface area contributed by atoms with Crippen LogP contribution in [-0.4, -0.2) is 25.2 Å². The molecule has 0 radical (unpaired) electrons. The Morgan fingerprint density at radius 3 is 2.58 bits per heavy atom. The van der Waals surface area contributed by atoms with E-state index in [9.17, 15) is 9.70 Å². The van der Waals surface area contributed by atoms with Gasteiger partial charge in [0.05, 0.1) is 0 Å². The third kappa shape index (κ3) is 5.65. The van der Waals surface area contributed by atoms with Crippen LogP contribution in [-0.2, 0) is 9.53 Å². The molecule has 102 valence electrons. The zero-order chi connectivity index (χ0) is 14.3. The zero-order valence-electron chi connectivity index (χ0n) is 10.5. The molecule has 0 aromatic heterocycles. The number of nitroso groups, excluding NO2 is 1. The molecule has 0 aliphatic heterocycles. The average Bonchev–Trinajstić information content (AvgIpc) is 2.37. The second-order valence-corrected chi connectivity index (χ2v) is 4.80. The van der Waals surface area contributed by atoms with E-state index in [2.05, 4.69) is 27.7 Å². The first-order valence-electron chi connectivity index (χ1n) is 5.57. The smallest absolute Gasteiger partial charge is 0.333 e. The topological polar surface area (TPSA) is 65.0 Å². The monoisotopic (exact) mass is 327 g/mol. The highest BCUT2D eigenvalue weighted by atomic mass is 79.9. The maximum atomic E-state index is 11.4. The molecule has 1 aromatic rings. The van der Waals surface area contributed by atoms with E-state index in [1.54, 1.807) is 12.1 Å². The molecule has 19 heavy (non-hydrogen) atoms. The van der Waals surface area contributed by atoms with Crippen LogP contribution in [0.3, 0.4) is 0 Å². The molecule has 0 N–H and O–H groups in total. The molecule has 0 aliphatic carbocycles. The van der Waals surface area contributed by atoms with E-state index in [1.165, 1.54) is 6.92 Å². The van der Waals surface area contributed by atoms with E-state index in [4.69, 9.17) is 9.47 Å². The quantitative estimate of drug-likeness (QED) is 0.438. The van der Waals surface area contributed by atoms with Gasteiger partial charge in [-0.25, -0.2) is 4.79 Å². The van der Waals surface area contributed by atoms with Crippen LogP contribution in [0, 0.1) is 4.91 Å². The lowest BCUT2D eigenvalue weighted by Crippen LogP contribution is -2.28. The van der Waals surface area contributed by atoms with E-state index in [0.717, 1.165) is 4.47 Å². The summed E-state index contributed by atoms with van der Waals surface area (Å²) < 4.78 is 11.4. The lowest BCUT2D eigenvalue weighted by Gasteiger charge is -2.15. The number of carbonyl (C=O) groups is 1. The molecular weight excluding hydrogens is 314 g/mol. The van der Waals surface area contributed by atoms with Gasteiger partial charge < -0.3 is 9.47 Å². The van der Waals surface area contributed by atoms with Gasteiger partial charge in [0, 0.05) is 10.0 Å². The van der Waals surface area contributed by atoms with Crippen molar-refractivity contribution in [2.45, 2.75) is 13.0 Å². The van der Waals surface area contributed by atoms with Crippen LogP contribution in [0.2, 0.25) is 0 Å². The fourth-order valence-electron chi connectivity index (χ4n) is 1.18. The summed E-state index contributed by atoms with van der Waals surface area (Å²) in [4.78, 5) is 21.7. The summed E-state index contributed by atoms with van der Waals surface area (Å²) in [7, 11) is 0. The van der Waals surface area contributed by atoms with Crippen molar-refractivity contribution in [3.63, 3.8) is 0 Å². The molecule has 6 heteroatoms. The van der Waals surface area contributed by atoms with Crippen LogP contribution in [0.15, 0.2) is 46.1 Å². The van der Waals surface area contributed by atoms with Crippen molar-refractivity contribution in [1.29, 1.82) is 0 Å². The van der Waals surface area contributed by atoms with Crippen LogP contribution < -0.4 is 4.74 Å². The number of benzene rings is 1. The Morgan fingerprint density at radius 2 is 2.05 bits per heavy atom. The van der Waals surface area contributed by atoms with Gasteiger partial charge in [-0.2, -0.15) is 4.91 Å². The number of carbonyl (C=O) groups excluding carboxylic acids is 1. The summed E-state index contributed by atoms with van der Waals surface area (Å²) in [5.74, 6) is 0.0542. The molecule has 0 saturated carbocycles. The molecule has 5 nitrogen and oxygen atoms in total. The predicted octanol–water partition coefficient (Wildman–Crippen LogP) is 3.08. The minimum absolute atomic E-state index is 0.0619. The molecule has 1 unspecified atom stereocenters. The number of rotatable bonds is 7. The number of esters is 1. The molecule has 0 fully saturated rings. The van der Waals surface area contributed by atoms with E-state index in [1.807, 2.05) is 12.1 Å². The van der Waals surface area contributed by atoms with Gasteiger partial charge >= 0.3 is 5.97 Å². The summed E-state index contributed by atoms with van der Waals surface area (Å²) in [5, 5.41) is 2.73. The Kier molecular flexibility index (Phi) is 6.21. The van der Waals surface area contributed by atoms with E-state index >= 15 is 0 Å². The van der Waals surface area contributed by atoms with E-state index in [0.29, 0.717) is 5.75 Å². The summed E-state index contributed by atoms with van der Waals surface area (Å²) in [5.41, 5.74) is 0.263. The maximum absolute atomic E-state index is 11.4. The van der Waals surface area contributed by atoms with Gasteiger partial charge in [0.15, 0.2) is 6.10 Å². The third-order valence-electron chi connectivity index (χ3n) is 2.15. The minimum atomic E-state index is -0.717. The highest BCUT2D eigenvalue weighted by Crippen LogP contribution is 2.16. The molecule has 1 aromatic carbocycles. The van der Waals surface area contributed by atoms with Crippen LogP contribution in [0.25, 0.3) is 0 Å². The minimum Gasteiger partial charge on any atom is -0.490 e. The molecule has 0 amide bonds. The highest BCUT2D eigenvalue weighted by molar-refractivity contribution is 9.10. The fraction of sp³-hybridized carbons (Fsp3) is 0.308. The standard InChI is InChI=1S/C13H14BrNO4/c1-9(2)13(16)19-12(7-15-17)8-18-11-5-3-10(14)4-6-11/h3-6,12H,1,7-8H2,2H3. The normalized spacial score (nSPS) is 11.5. The average molecular weight is 328 g/mol. The molecule has 0 spiro atoms. The first-order valence-corrected chi connectivity index (χ1v) is 6.36. The summed E-state index contributed by atoms with van der Waals surface area (Å²) >= 11 is 3.31. The van der Waals surface area contributed by atoms with Crippen molar-refractivity contribution in [3.8, 4) is 5.75 Å². The Hall–Kier alpha value is -1.69. The molecule has 0 aliphatic rings. The second-order valence-electron chi connectivity index (χ2n) is 3.88. The lowest BCUT2D eigenvalue weighted by atomic mass is 10.3. The first-order chi connectivity index (χ1) is 9.02. The molecule has 0 saturated heterocycles.